The Labute approximate surface area is 193 Å². The fourth-order valence-electron chi connectivity index (χ4n) is 3.07. The molecular formula is C26H28N2O5. The third-order valence-corrected chi connectivity index (χ3v) is 4.79. The molecule has 3 aromatic rings. The number of esters is 1. The Kier molecular flexibility index (Phi) is 9.80. The average Bonchev–Trinajstić information content (AvgIpc) is 2.84. The van der Waals surface area contributed by atoms with Crippen molar-refractivity contribution in [3.05, 3.63) is 96.1 Å². The van der Waals surface area contributed by atoms with Gasteiger partial charge in [0.25, 0.3) is 0 Å². The summed E-state index contributed by atoms with van der Waals surface area (Å²) in [7, 11) is 1.32. The molecule has 0 aromatic heterocycles. The zero-order valence-electron chi connectivity index (χ0n) is 18.6. The molecule has 0 saturated carbocycles. The highest BCUT2D eigenvalue weighted by Crippen LogP contribution is 2.19. The predicted octanol–water partition coefficient (Wildman–Crippen LogP) is 3.34. The third-order valence-electron chi connectivity index (χ3n) is 4.79. The number of ether oxygens (including phenoxy) is 1. The standard InChI is InChI=1S/C17H17NO3.C9H11NO2/c1-12(19)18-16(17(20)21)11-13-7-9-15(10-8-13)14-5-3-2-4-6-14;1-12-9(11)8(10)7-5-3-2-4-6-7/h2-10,16H,11H2,1H3,(H,18,19)(H,20,21);2-6,8H,10H2,1H3/t16-;8-/m10/s1. The van der Waals surface area contributed by atoms with E-state index in [1.165, 1.54) is 14.0 Å². The Hall–Kier alpha value is -3.97. The number of carbonyl (C=O) groups is 3. The molecule has 3 rings (SSSR count). The summed E-state index contributed by atoms with van der Waals surface area (Å²) >= 11 is 0. The van der Waals surface area contributed by atoms with Crippen LogP contribution in [0.25, 0.3) is 11.1 Å². The second-order valence-corrected chi connectivity index (χ2v) is 7.27. The summed E-state index contributed by atoms with van der Waals surface area (Å²) in [6.45, 7) is 1.31. The Balaban J connectivity index is 0.000000273. The van der Waals surface area contributed by atoms with E-state index in [9.17, 15) is 14.4 Å². The number of nitrogens with one attached hydrogen (secondary N) is 1. The highest BCUT2D eigenvalue weighted by atomic mass is 16.5. The normalized spacial score (nSPS) is 11.8. The van der Waals surface area contributed by atoms with Gasteiger partial charge in [0.1, 0.15) is 12.1 Å². The number of benzene rings is 3. The van der Waals surface area contributed by atoms with Crippen LogP contribution in [-0.2, 0) is 25.5 Å². The number of rotatable bonds is 7. The van der Waals surface area contributed by atoms with Crippen molar-refractivity contribution in [2.45, 2.75) is 25.4 Å². The third kappa shape index (κ3) is 8.23. The van der Waals surface area contributed by atoms with E-state index in [0.29, 0.717) is 0 Å². The maximum Gasteiger partial charge on any atom is 0.327 e. The minimum atomic E-state index is -1.03. The van der Waals surface area contributed by atoms with Crippen molar-refractivity contribution in [2.24, 2.45) is 5.73 Å². The van der Waals surface area contributed by atoms with Crippen molar-refractivity contribution in [3.63, 3.8) is 0 Å². The number of hydrogen-bond donors (Lipinski definition) is 3. The molecule has 0 saturated heterocycles. The molecule has 2 atom stereocenters. The first-order valence-electron chi connectivity index (χ1n) is 10.3. The fourth-order valence-corrected chi connectivity index (χ4v) is 3.07. The van der Waals surface area contributed by atoms with Gasteiger partial charge in [-0.3, -0.25) is 9.59 Å². The van der Waals surface area contributed by atoms with E-state index in [2.05, 4.69) is 10.1 Å². The number of amides is 1. The maximum absolute atomic E-state index is 11.1. The Morgan fingerprint density at radius 2 is 1.39 bits per heavy atom. The molecule has 7 nitrogen and oxygen atoms in total. The largest absolute Gasteiger partial charge is 0.480 e. The van der Waals surface area contributed by atoms with Crippen LogP contribution < -0.4 is 11.1 Å². The summed E-state index contributed by atoms with van der Waals surface area (Å²) in [5.41, 5.74) is 9.40. The molecule has 0 unspecified atom stereocenters. The number of carbonyl (C=O) groups excluding carboxylic acids is 2. The van der Waals surface area contributed by atoms with Crippen molar-refractivity contribution in [3.8, 4) is 11.1 Å². The van der Waals surface area contributed by atoms with Crippen LogP contribution in [0, 0.1) is 0 Å². The van der Waals surface area contributed by atoms with Crippen LogP contribution in [0.3, 0.4) is 0 Å². The molecule has 0 aliphatic carbocycles. The monoisotopic (exact) mass is 448 g/mol. The highest BCUT2D eigenvalue weighted by molar-refractivity contribution is 5.82. The smallest absolute Gasteiger partial charge is 0.327 e. The Bertz CT molecular complexity index is 1040. The molecule has 0 bridgehead atoms. The molecule has 0 aliphatic heterocycles. The first kappa shape index (κ1) is 25.3. The first-order valence-corrected chi connectivity index (χ1v) is 10.3. The predicted molar refractivity (Wildman–Crippen MR) is 126 cm³/mol. The minimum Gasteiger partial charge on any atom is -0.480 e. The summed E-state index contributed by atoms with van der Waals surface area (Å²) in [5.74, 6) is -1.79. The lowest BCUT2D eigenvalue weighted by Crippen LogP contribution is -2.41. The SMILES string of the molecule is CC(=O)N[C@H](Cc1ccc(-c2ccccc2)cc1)C(=O)O.COC(=O)[C@@H](N)c1ccccc1. The number of methoxy groups -OCH3 is 1. The van der Waals surface area contributed by atoms with Gasteiger partial charge in [-0.1, -0.05) is 84.9 Å². The van der Waals surface area contributed by atoms with Crippen LogP contribution >= 0.6 is 0 Å². The molecule has 172 valence electrons. The van der Waals surface area contributed by atoms with Crippen LogP contribution in [0.15, 0.2) is 84.9 Å². The molecule has 0 heterocycles. The average molecular weight is 449 g/mol. The minimum absolute atomic E-state index is 0.268. The summed E-state index contributed by atoms with van der Waals surface area (Å²) in [6.07, 6.45) is 0.268. The molecule has 1 amide bonds. The number of hydrogen-bond acceptors (Lipinski definition) is 5. The lowest BCUT2D eigenvalue weighted by molar-refractivity contribution is -0.142. The van der Waals surface area contributed by atoms with Gasteiger partial charge in [0.15, 0.2) is 0 Å². The van der Waals surface area contributed by atoms with Crippen molar-refractivity contribution in [1.29, 1.82) is 0 Å². The van der Waals surface area contributed by atoms with E-state index < -0.39 is 24.0 Å². The van der Waals surface area contributed by atoms with Gasteiger partial charge in [-0.15, -0.1) is 0 Å². The first-order chi connectivity index (χ1) is 15.8. The molecule has 4 N–H and O–H groups in total. The van der Waals surface area contributed by atoms with Gasteiger partial charge in [-0.25, -0.2) is 4.79 Å². The lowest BCUT2D eigenvalue weighted by Gasteiger charge is -2.13. The lowest BCUT2D eigenvalue weighted by atomic mass is 10.0. The molecule has 33 heavy (non-hydrogen) atoms. The van der Waals surface area contributed by atoms with E-state index in [1.807, 2.05) is 72.8 Å². The van der Waals surface area contributed by atoms with Gasteiger partial charge < -0.3 is 20.9 Å². The molecule has 0 spiro atoms. The van der Waals surface area contributed by atoms with Gasteiger partial charge in [0.05, 0.1) is 7.11 Å². The topological polar surface area (TPSA) is 119 Å². The molecule has 0 fully saturated rings. The van der Waals surface area contributed by atoms with E-state index in [1.54, 1.807) is 12.1 Å². The van der Waals surface area contributed by atoms with Crippen molar-refractivity contribution in [2.75, 3.05) is 7.11 Å². The number of carboxylic acid groups (broad SMARTS) is 1. The van der Waals surface area contributed by atoms with Gasteiger partial charge in [0.2, 0.25) is 5.91 Å². The van der Waals surface area contributed by atoms with Crippen LogP contribution in [0.5, 0.6) is 0 Å². The van der Waals surface area contributed by atoms with Crippen molar-refractivity contribution in [1.82, 2.24) is 5.32 Å². The quantitative estimate of drug-likeness (QED) is 0.477. The van der Waals surface area contributed by atoms with Gasteiger partial charge >= 0.3 is 11.9 Å². The molecule has 3 aromatic carbocycles. The molecule has 7 heteroatoms. The van der Waals surface area contributed by atoms with Crippen LogP contribution in [0.1, 0.15) is 24.1 Å². The van der Waals surface area contributed by atoms with Crippen LogP contribution in [0.2, 0.25) is 0 Å². The zero-order valence-corrected chi connectivity index (χ0v) is 18.6. The zero-order chi connectivity index (χ0) is 24.2. The summed E-state index contributed by atoms with van der Waals surface area (Å²) in [4.78, 5) is 33.1. The van der Waals surface area contributed by atoms with Gasteiger partial charge in [-0.2, -0.15) is 0 Å². The van der Waals surface area contributed by atoms with E-state index >= 15 is 0 Å². The summed E-state index contributed by atoms with van der Waals surface area (Å²) < 4.78 is 4.50. The second kappa shape index (κ2) is 12.8. The number of aliphatic carboxylic acids is 1. The number of nitrogens with two attached hydrogens (primary N) is 1. The summed E-state index contributed by atoms with van der Waals surface area (Å²) in [6, 6.07) is 25.2. The maximum atomic E-state index is 11.1. The van der Waals surface area contributed by atoms with E-state index in [4.69, 9.17) is 10.8 Å². The Morgan fingerprint density at radius 1 is 0.879 bits per heavy atom. The summed E-state index contributed by atoms with van der Waals surface area (Å²) in [5, 5.41) is 11.5. The second-order valence-electron chi connectivity index (χ2n) is 7.27. The van der Waals surface area contributed by atoms with Crippen LogP contribution in [0.4, 0.5) is 0 Å². The molecule has 0 radical (unpaired) electrons. The van der Waals surface area contributed by atoms with E-state index in [-0.39, 0.29) is 12.3 Å². The van der Waals surface area contributed by atoms with Crippen molar-refractivity contribution < 1.29 is 24.2 Å². The number of carboxylic acids is 1. The highest BCUT2D eigenvalue weighted by Gasteiger charge is 2.18. The fraction of sp³-hybridized carbons (Fsp3) is 0.192. The molecular weight excluding hydrogens is 420 g/mol. The van der Waals surface area contributed by atoms with Crippen molar-refractivity contribution >= 4 is 17.8 Å². The van der Waals surface area contributed by atoms with Gasteiger partial charge in [-0.05, 0) is 22.3 Å². The van der Waals surface area contributed by atoms with Gasteiger partial charge in [0, 0.05) is 13.3 Å². The van der Waals surface area contributed by atoms with Crippen LogP contribution in [-0.4, -0.2) is 36.1 Å². The molecule has 0 aliphatic rings. The Morgan fingerprint density at radius 3 is 1.88 bits per heavy atom. The van der Waals surface area contributed by atoms with E-state index in [0.717, 1.165) is 22.3 Å².